The summed E-state index contributed by atoms with van der Waals surface area (Å²) in [5.74, 6) is 0.385. The van der Waals surface area contributed by atoms with Gasteiger partial charge in [-0.25, -0.2) is 4.98 Å². The number of aromatic nitrogens is 4. The molecule has 30 heavy (non-hydrogen) atoms. The van der Waals surface area contributed by atoms with Crippen molar-refractivity contribution in [3.63, 3.8) is 0 Å². The van der Waals surface area contributed by atoms with Crippen molar-refractivity contribution in [2.75, 3.05) is 16.8 Å². The van der Waals surface area contributed by atoms with E-state index in [0.29, 0.717) is 43.3 Å². The second kappa shape index (κ2) is 6.52. The van der Waals surface area contributed by atoms with E-state index in [9.17, 15) is 14.9 Å². The van der Waals surface area contributed by atoms with E-state index in [2.05, 4.69) is 26.5 Å². The third kappa shape index (κ3) is 2.65. The van der Waals surface area contributed by atoms with E-state index in [4.69, 9.17) is 5.73 Å². The molecule has 10 nitrogen and oxygen atoms in total. The van der Waals surface area contributed by atoms with Gasteiger partial charge in [0, 0.05) is 18.9 Å². The molecular formula is C20H22N8O2. The van der Waals surface area contributed by atoms with Gasteiger partial charge >= 0.3 is 0 Å². The summed E-state index contributed by atoms with van der Waals surface area (Å²) >= 11 is 0. The number of hydrogen-bond acceptors (Lipinski definition) is 7. The number of nitriles is 1. The smallest absolute Gasteiger partial charge is 0.248 e. The molecule has 2 aromatic rings. The molecular weight excluding hydrogens is 384 g/mol. The number of primary amides is 1. The van der Waals surface area contributed by atoms with Crippen molar-refractivity contribution >= 4 is 29.3 Å². The highest BCUT2D eigenvalue weighted by Crippen LogP contribution is 2.51. The topological polar surface area (TPSA) is 143 Å². The highest BCUT2D eigenvalue weighted by molar-refractivity contribution is 6.01. The Morgan fingerprint density at radius 2 is 2.13 bits per heavy atom. The van der Waals surface area contributed by atoms with Gasteiger partial charge in [0.05, 0.1) is 18.0 Å². The zero-order valence-corrected chi connectivity index (χ0v) is 16.4. The molecule has 1 saturated heterocycles. The Morgan fingerprint density at radius 3 is 2.77 bits per heavy atom. The predicted octanol–water partition coefficient (Wildman–Crippen LogP) is 1.44. The van der Waals surface area contributed by atoms with Crippen molar-refractivity contribution < 1.29 is 9.59 Å². The van der Waals surface area contributed by atoms with Gasteiger partial charge in [-0.2, -0.15) is 15.3 Å². The molecule has 0 radical (unpaired) electrons. The number of carbonyl (C=O) groups is 2. The molecule has 154 valence electrons. The summed E-state index contributed by atoms with van der Waals surface area (Å²) in [4.78, 5) is 35.1. The van der Waals surface area contributed by atoms with E-state index in [1.165, 1.54) is 0 Å². The molecule has 2 aromatic heterocycles. The molecule has 0 spiro atoms. The monoisotopic (exact) mass is 406 g/mol. The Morgan fingerprint density at radius 1 is 1.33 bits per heavy atom. The lowest BCUT2D eigenvalue weighted by Gasteiger charge is -2.38. The molecule has 3 N–H and O–H groups in total. The van der Waals surface area contributed by atoms with Gasteiger partial charge in [0.1, 0.15) is 16.8 Å². The van der Waals surface area contributed by atoms with Gasteiger partial charge in [-0.15, -0.1) is 0 Å². The van der Waals surface area contributed by atoms with Crippen LogP contribution in [-0.4, -0.2) is 38.1 Å². The van der Waals surface area contributed by atoms with E-state index < -0.39 is 11.0 Å². The fraction of sp³-hybridized carbons (Fsp3) is 0.500. The van der Waals surface area contributed by atoms with Crippen molar-refractivity contribution in [2.24, 2.45) is 17.1 Å². The SMILES string of the molecule is N#C[C@@]1(C2CC2)CCN(c2ccnc(Nc3cnn(C4(C(N)=O)CCC4)c3)n2)C1=O. The van der Waals surface area contributed by atoms with Gasteiger partial charge in [0.15, 0.2) is 0 Å². The minimum absolute atomic E-state index is 0.161. The number of nitrogens with two attached hydrogens (primary N) is 1. The maximum Gasteiger partial charge on any atom is 0.248 e. The van der Waals surface area contributed by atoms with Crippen LogP contribution in [0.25, 0.3) is 0 Å². The van der Waals surface area contributed by atoms with E-state index in [-0.39, 0.29) is 17.7 Å². The highest BCUT2D eigenvalue weighted by Gasteiger charge is 2.57. The first-order valence-electron chi connectivity index (χ1n) is 10.2. The second-order valence-corrected chi connectivity index (χ2v) is 8.35. The number of nitrogens with one attached hydrogen (secondary N) is 1. The minimum Gasteiger partial charge on any atom is -0.368 e. The number of nitrogens with zero attached hydrogens (tertiary/aromatic N) is 6. The van der Waals surface area contributed by atoms with E-state index >= 15 is 0 Å². The number of rotatable bonds is 6. The number of amides is 2. The third-order valence-electron chi connectivity index (χ3n) is 6.66. The molecule has 2 saturated carbocycles. The molecule has 1 atom stereocenters. The fourth-order valence-corrected chi connectivity index (χ4v) is 4.52. The molecule has 3 heterocycles. The van der Waals surface area contributed by atoms with E-state index in [1.54, 1.807) is 34.2 Å². The first kappa shape index (κ1) is 18.5. The average molecular weight is 406 g/mol. The Kier molecular flexibility index (Phi) is 4.03. The molecule has 10 heteroatoms. The first-order valence-corrected chi connectivity index (χ1v) is 10.2. The maximum atomic E-state index is 13.0. The van der Waals surface area contributed by atoms with Crippen LogP contribution in [0.1, 0.15) is 38.5 Å². The first-order chi connectivity index (χ1) is 14.5. The van der Waals surface area contributed by atoms with Crippen LogP contribution in [-0.2, 0) is 15.1 Å². The Balaban J connectivity index is 1.35. The van der Waals surface area contributed by atoms with Gasteiger partial charge < -0.3 is 11.1 Å². The van der Waals surface area contributed by atoms with Crippen molar-refractivity contribution in [3.05, 3.63) is 24.7 Å². The lowest BCUT2D eigenvalue weighted by atomic mass is 9.76. The summed E-state index contributed by atoms with van der Waals surface area (Å²) in [6.07, 6.45) is 9.56. The highest BCUT2D eigenvalue weighted by atomic mass is 16.2. The van der Waals surface area contributed by atoms with Crippen molar-refractivity contribution in [1.29, 1.82) is 5.26 Å². The van der Waals surface area contributed by atoms with Crippen molar-refractivity contribution in [1.82, 2.24) is 19.7 Å². The van der Waals surface area contributed by atoms with Crippen LogP contribution in [0.15, 0.2) is 24.7 Å². The zero-order valence-electron chi connectivity index (χ0n) is 16.4. The summed E-state index contributed by atoms with van der Waals surface area (Å²) in [6.45, 7) is 0.471. The Labute approximate surface area is 173 Å². The number of anilines is 3. The second-order valence-electron chi connectivity index (χ2n) is 8.35. The molecule has 0 unspecified atom stereocenters. The standard InChI is InChI=1S/C20H22N8O2/c21-12-19(13-2-3-13)7-9-27(17(19)30)15-4-8-23-18(26-15)25-14-10-24-28(11-14)20(16(22)29)5-1-6-20/h4,8,10-11,13H,1-3,5-7,9H2,(H2,22,29)(H,23,25,26)/t19-/m1/s1. The fourth-order valence-electron chi connectivity index (χ4n) is 4.52. The summed E-state index contributed by atoms with van der Waals surface area (Å²) in [5, 5.41) is 17.0. The molecule has 3 aliphatic rings. The van der Waals surface area contributed by atoms with Gasteiger partial charge in [-0.05, 0) is 50.5 Å². The van der Waals surface area contributed by atoms with Crippen LogP contribution in [0.4, 0.5) is 17.5 Å². The molecule has 0 bridgehead atoms. The summed E-state index contributed by atoms with van der Waals surface area (Å²) < 4.78 is 1.60. The number of carbonyl (C=O) groups excluding carboxylic acids is 2. The molecule has 5 rings (SSSR count). The van der Waals surface area contributed by atoms with Crippen LogP contribution in [0, 0.1) is 22.7 Å². The summed E-state index contributed by atoms with van der Waals surface area (Å²) in [6, 6.07) is 3.95. The largest absolute Gasteiger partial charge is 0.368 e. The van der Waals surface area contributed by atoms with Crippen molar-refractivity contribution in [3.8, 4) is 6.07 Å². The molecule has 2 amide bonds. The third-order valence-corrected chi connectivity index (χ3v) is 6.66. The van der Waals surface area contributed by atoms with Crippen LogP contribution < -0.4 is 16.0 Å². The van der Waals surface area contributed by atoms with E-state index in [0.717, 1.165) is 19.3 Å². The van der Waals surface area contributed by atoms with Gasteiger partial charge in [-0.3, -0.25) is 19.2 Å². The minimum atomic E-state index is -0.911. The van der Waals surface area contributed by atoms with Crippen LogP contribution in [0.2, 0.25) is 0 Å². The molecule has 0 aromatic carbocycles. The molecule has 1 aliphatic heterocycles. The summed E-state index contributed by atoms with van der Waals surface area (Å²) in [7, 11) is 0. The quantitative estimate of drug-likeness (QED) is 0.739. The van der Waals surface area contributed by atoms with Crippen LogP contribution >= 0.6 is 0 Å². The van der Waals surface area contributed by atoms with Crippen LogP contribution in [0.5, 0.6) is 0 Å². The van der Waals surface area contributed by atoms with Gasteiger partial charge in [0.25, 0.3) is 0 Å². The lowest BCUT2D eigenvalue weighted by Crippen LogP contribution is -2.51. The maximum absolute atomic E-state index is 13.0. The normalized spacial score (nSPS) is 24.9. The zero-order chi connectivity index (χ0) is 20.9. The Hall–Kier alpha value is -3.48. The van der Waals surface area contributed by atoms with Crippen LogP contribution in [0.3, 0.4) is 0 Å². The van der Waals surface area contributed by atoms with Gasteiger partial charge in [0.2, 0.25) is 17.8 Å². The van der Waals surface area contributed by atoms with Gasteiger partial charge in [-0.1, -0.05) is 0 Å². The van der Waals surface area contributed by atoms with E-state index in [1.807, 2.05) is 0 Å². The Bertz CT molecular complexity index is 1060. The summed E-state index contributed by atoms with van der Waals surface area (Å²) in [5.41, 5.74) is 4.54. The molecule has 2 aliphatic carbocycles. The molecule has 3 fully saturated rings. The van der Waals surface area contributed by atoms with Crippen molar-refractivity contribution in [2.45, 2.75) is 44.1 Å². The predicted molar refractivity (Wildman–Crippen MR) is 106 cm³/mol. The number of hydrogen-bond donors (Lipinski definition) is 2. The lowest BCUT2D eigenvalue weighted by molar-refractivity contribution is -0.131. The average Bonchev–Trinajstić information content (AvgIpc) is 3.36.